The first-order valence-corrected chi connectivity index (χ1v) is 6.30. The third-order valence-electron chi connectivity index (χ3n) is 2.07. The van der Waals surface area contributed by atoms with E-state index in [9.17, 15) is 9.90 Å². The number of rotatable bonds is 2. The molecule has 18 heavy (non-hydrogen) atoms. The summed E-state index contributed by atoms with van der Waals surface area (Å²) in [5.74, 6) is -0.271. The quantitative estimate of drug-likeness (QED) is 0.625. The van der Waals surface area contributed by atoms with Crippen LogP contribution in [-0.4, -0.2) is 21.0 Å². The van der Waals surface area contributed by atoms with Gasteiger partial charge in [-0.3, -0.25) is 4.79 Å². The van der Waals surface area contributed by atoms with E-state index in [1.165, 1.54) is 18.3 Å². The fraction of sp³-hybridized carbons (Fsp3) is 0. The van der Waals surface area contributed by atoms with Crippen LogP contribution in [0.15, 0.2) is 30.5 Å². The average Bonchev–Trinajstić information content (AvgIpc) is 2.32. The number of nitrogens with zero attached hydrogens (tertiary/aromatic N) is 2. The molecule has 2 N–H and O–H groups in total. The molecule has 0 aliphatic rings. The number of hydrogen-bond acceptors (Lipinski definition) is 4. The maximum Gasteiger partial charge on any atom is 0.260 e. The Labute approximate surface area is 121 Å². The van der Waals surface area contributed by atoms with Crippen molar-refractivity contribution in [2.24, 2.45) is 0 Å². The number of amides is 1. The van der Waals surface area contributed by atoms with E-state index < -0.39 is 5.91 Å². The fourth-order valence-corrected chi connectivity index (χ4v) is 1.92. The summed E-state index contributed by atoms with van der Waals surface area (Å²) in [4.78, 5) is 19.5. The van der Waals surface area contributed by atoms with Crippen LogP contribution in [0.2, 0.25) is 5.28 Å². The number of halogens is 2. The Balaban J connectivity index is 2.24. The lowest BCUT2D eigenvalue weighted by atomic mass is 10.2. The summed E-state index contributed by atoms with van der Waals surface area (Å²) in [5, 5.41) is 12.2. The zero-order valence-corrected chi connectivity index (χ0v) is 11.8. The highest BCUT2D eigenvalue weighted by Gasteiger charge is 2.12. The molecule has 5 nitrogen and oxygen atoms in total. The molecule has 0 fully saturated rings. The summed E-state index contributed by atoms with van der Waals surface area (Å²) in [6.45, 7) is 0. The van der Waals surface area contributed by atoms with Crippen LogP contribution in [0.5, 0.6) is 5.75 Å². The molecular formula is C11H7ClIN3O2. The molecule has 0 saturated carbocycles. The Bertz CT molecular complexity index is 607. The molecule has 1 heterocycles. The molecule has 1 aromatic heterocycles. The minimum Gasteiger partial charge on any atom is -0.507 e. The van der Waals surface area contributed by atoms with Crippen molar-refractivity contribution in [1.29, 1.82) is 0 Å². The van der Waals surface area contributed by atoms with Gasteiger partial charge in [0, 0.05) is 9.77 Å². The first-order valence-electron chi connectivity index (χ1n) is 4.84. The normalized spacial score (nSPS) is 10.1. The monoisotopic (exact) mass is 375 g/mol. The highest BCUT2D eigenvalue weighted by molar-refractivity contribution is 14.1. The summed E-state index contributed by atoms with van der Waals surface area (Å²) >= 11 is 7.66. The number of hydrogen-bond donors (Lipinski definition) is 2. The molecule has 1 aromatic carbocycles. The number of phenolic OH excluding ortho intramolecular Hbond substituents is 1. The molecule has 0 saturated heterocycles. The van der Waals surface area contributed by atoms with Gasteiger partial charge in [0.25, 0.3) is 5.91 Å². The maximum atomic E-state index is 11.9. The van der Waals surface area contributed by atoms with E-state index in [4.69, 9.17) is 11.6 Å². The Hall–Kier alpha value is -1.41. The number of anilines is 1. The number of aromatic hydroxyl groups is 1. The van der Waals surface area contributed by atoms with Crippen molar-refractivity contribution >= 4 is 45.9 Å². The van der Waals surface area contributed by atoms with Crippen molar-refractivity contribution in [1.82, 2.24) is 9.97 Å². The van der Waals surface area contributed by atoms with E-state index in [0.717, 1.165) is 3.57 Å². The maximum absolute atomic E-state index is 11.9. The number of nitrogens with one attached hydrogen (secondary N) is 1. The molecule has 2 rings (SSSR count). The Morgan fingerprint density at radius 3 is 2.89 bits per heavy atom. The van der Waals surface area contributed by atoms with E-state index in [2.05, 4.69) is 37.9 Å². The molecule has 0 aliphatic heterocycles. The molecule has 0 unspecified atom stereocenters. The highest BCUT2D eigenvalue weighted by Crippen LogP contribution is 2.20. The predicted octanol–water partition coefficient (Wildman–Crippen LogP) is 2.69. The Morgan fingerprint density at radius 1 is 1.39 bits per heavy atom. The molecule has 92 valence electrons. The Morgan fingerprint density at radius 2 is 2.17 bits per heavy atom. The van der Waals surface area contributed by atoms with Gasteiger partial charge in [-0.15, -0.1) is 0 Å². The van der Waals surface area contributed by atoms with Gasteiger partial charge in [-0.25, -0.2) is 9.97 Å². The molecule has 0 atom stereocenters. The standard InChI is InChI=1S/C11H7ClIN3O2/c12-11-14-4-3-9(16-11)15-10(18)7-5-6(13)1-2-8(7)17/h1-5,17H,(H,14,15,16,18). The van der Waals surface area contributed by atoms with Crippen LogP contribution in [0.25, 0.3) is 0 Å². The summed E-state index contributed by atoms with van der Waals surface area (Å²) in [7, 11) is 0. The van der Waals surface area contributed by atoms with Gasteiger partial charge in [0.2, 0.25) is 5.28 Å². The van der Waals surface area contributed by atoms with Crippen molar-refractivity contribution in [2.45, 2.75) is 0 Å². The second-order valence-electron chi connectivity index (χ2n) is 3.33. The van der Waals surface area contributed by atoms with Gasteiger partial charge in [-0.2, -0.15) is 0 Å². The summed E-state index contributed by atoms with van der Waals surface area (Å²) in [5.41, 5.74) is 0.177. The number of carbonyl (C=O) groups is 1. The number of aromatic nitrogens is 2. The largest absolute Gasteiger partial charge is 0.507 e. The summed E-state index contributed by atoms with van der Waals surface area (Å²) in [6, 6.07) is 6.25. The van der Waals surface area contributed by atoms with Crippen LogP contribution in [0.4, 0.5) is 5.82 Å². The predicted molar refractivity (Wildman–Crippen MR) is 75.8 cm³/mol. The van der Waals surface area contributed by atoms with Gasteiger partial charge < -0.3 is 10.4 Å². The van der Waals surface area contributed by atoms with Crippen LogP contribution in [0.1, 0.15) is 10.4 Å². The average molecular weight is 376 g/mol. The smallest absolute Gasteiger partial charge is 0.260 e. The van der Waals surface area contributed by atoms with E-state index in [-0.39, 0.29) is 22.4 Å². The van der Waals surface area contributed by atoms with Crippen LogP contribution in [0, 0.1) is 3.57 Å². The van der Waals surface area contributed by atoms with Crippen molar-refractivity contribution in [3.63, 3.8) is 0 Å². The molecule has 0 aliphatic carbocycles. The van der Waals surface area contributed by atoms with E-state index >= 15 is 0 Å². The fourth-order valence-electron chi connectivity index (χ4n) is 1.28. The molecule has 0 bridgehead atoms. The first kappa shape index (κ1) is 13.0. The van der Waals surface area contributed by atoms with Crippen LogP contribution < -0.4 is 5.32 Å². The third-order valence-corrected chi connectivity index (χ3v) is 2.92. The van der Waals surface area contributed by atoms with Crippen molar-refractivity contribution in [3.05, 3.63) is 44.9 Å². The second-order valence-corrected chi connectivity index (χ2v) is 4.91. The van der Waals surface area contributed by atoms with E-state index in [1.54, 1.807) is 12.1 Å². The lowest BCUT2D eigenvalue weighted by Gasteiger charge is -2.06. The highest BCUT2D eigenvalue weighted by atomic mass is 127. The summed E-state index contributed by atoms with van der Waals surface area (Å²) in [6.07, 6.45) is 1.43. The van der Waals surface area contributed by atoms with Crippen LogP contribution in [0.3, 0.4) is 0 Å². The molecule has 2 aromatic rings. The van der Waals surface area contributed by atoms with Gasteiger partial charge in [-0.05, 0) is 58.5 Å². The Kier molecular flexibility index (Phi) is 3.97. The molecule has 0 radical (unpaired) electrons. The van der Waals surface area contributed by atoms with Crippen LogP contribution >= 0.6 is 34.2 Å². The summed E-state index contributed by atoms with van der Waals surface area (Å²) < 4.78 is 0.844. The minimum absolute atomic E-state index is 0.0414. The van der Waals surface area contributed by atoms with Crippen LogP contribution in [-0.2, 0) is 0 Å². The first-order chi connectivity index (χ1) is 8.56. The van der Waals surface area contributed by atoms with Crippen molar-refractivity contribution in [2.75, 3.05) is 5.32 Å². The zero-order chi connectivity index (χ0) is 13.1. The van der Waals surface area contributed by atoms with Crippen molar-refractivity contribution < 1.29 is 9.90 Å². The second kappa shape index (κ2) is 5.49. The molecule has 7 heteroatoms. The zero-order valence-electron chi connectivity index (χ0n) is 8.89. The van der Waals surface area contributed by atoms with Gasteiger partial charge in [-0.1, -0.05) is 0 Å². The number of carbonyl (C=O) groups excluding carboxylic acids is 1. The molecule has 0 spiro atoms. The SMILES string of the molecule is O=C(Nc1ccnc(Cl)n1)c1cc(I)ccc1O. The van der Waals surface area contributed by atoms with E-state index in [0.29, 0.717) is 0 Å². The topological polar surface area (TPSA) is 75.1 Å². The minimum atomic E-state index is -0.458. The van der Waals surface area contributed by atoms with Gasteiger partial charge >= 0.3 is 0 Å². The van der Waals surface area contributed by atoms with Gasteiger partial charge in [0.1, 0.15) is 11.6 Å². The molecule has 1 amide bonds. The number of benzene rings is 1. The van der Waals surface area contributed by atoms with Gasteiger partial charge in [0.15, 0.2) is 0 Å². The lowest BCUT2D eigenvalue weighted by Crippen LogP contribution is -2.13. The molecular weight excluding hydrogens is 368 g/mol. The number of phenols is 1. The lowest BCUT2D eigenvalue weighted by molar-refractivity contribution is 0.102. The van der Waals surface area contributed by atoms with E-state index in [1.807, 2.05) is 0 Å². The van der Waals surface area contributed by atoms with Gasteiger partial charge in [0.05, 0.1) is 5.56 Å². The third kappa shape index (κ3) is 3.08. The van der Waals surface area contributed by atoms with Crippen molar-refractivity contribution in [3.8, 4) is 5.75 Å².